The third-order valence-electron chi connectivity index (χ3n) is 5.66. The van der Waals surface area contributed by atoms with Gasteiger partial charge in [-0.25, -0.2) is 9.18 Å². The number of nitrogens with zero attached hydrogens (tertiary/aromatic N) is 3. The second kappa shape index (κ2) is 7.16. The van der Waals surface area contributed by atoms with E-state index in [1.165, 1.54) is 18.3 Å². The summed E-state index contributed by atoms with van der Waals surface area (Å²) in [6.45, 7) is 4.85. The van der Waals surface area contributed by atoms with E-state index < -0.39 is 5.97 Å². The van der Waals surface area contributed by atoms with Crippen LogP contribution in [0.15, 0.2) is 59.7 Å². The molecule has 6 heteroatoms. The van der Waals surface area contributed by atoms with Crippen molar-refractivity contribution in [2.24, 2.45) is 4.99 Å². The average molecular weight is 413 g/mol. The number of pyridine rings is 1. The summed E-state index contributed by atoms with van der Waals surface area (Å²) in [6.07, 6.45) is 3.27. The van der Waals surface area contributed by atoms with Crippen LogP contribution in [0.3, 0.4) is 0 Å². The van der Waals surface area contributed by atoms with Gasteiger partial charge in [-0.3, -0.25) is 9.98 Å². The van der Waals surface area contributed by atoms with Crippen LogP contribution in [0.5, 0.6) is 0 Å². The SMILES string of the molecule is CC(C)c1c(-c2ccc(C(=O)O)cn2)c2cc3c(cc2n1-c1ccc(F)cc1)C=NC3. The lowest BCUT2D eigenvalue weighted by Crippen LogP contribution is -2.04. The number of benzene rings is 2. The first-order chi connectivity index (χ1) is 14.9. The summed E-state index contributed by atoms with van der Waals surface area (Å²) in [5, 5.41) is 10.3. The van der Waals surface area contributed by atoms with Gasteiger partial charge < -0.3 is 9.67 Å². The molecule has 0 bridgehead atoms. The Balaban J connectivity index is 1.87. The molecule has 5 nitrogen and oxygen atoms in total. The number of carbonyl (C=O) groups is 1. The molecule has 0 unspecified atom stereocenters. The summed E-state index contributed by atoms with van der Waals surface area (Å²) in [5.74, 6) is -1.16. The molecule has 0 fully saturated rings. The highest BCUT2D eigenvalue weighted by atomic mass is 19.1. The van der Waals surface area contributed by atoms with E-state index in [1.807, 2.05) is 6.21 Å². The number of rotatable bonds is 4. The van der Waals surface area contributed by atoms with Gasteiger partial charge in [-0.15, -0.1) is 0 Å². The first-order valence-corrected chi connectivity index (χ1v) is 10.1. The van der Waals surface area contributed by atoms with Crippen LogP contribution in [-0.2, 0) is 6.54 Å². The third kappa shape index (κ3) is 3.11. The molecule has 0 aliphatic carbocycles. The molecular formula is C25H20FN3O2. The molecule has 4 aromatic rings. The highest BCUT2D eigenvalue weighted by Crippen LogP contribution is 2.41. The van der Waals surface area contributed by atoms with Gasteiger partial charge in [-0.2, -0.15) is 0 Å². The molecule has 0 amide bonds. The van der Waals surface area contributed by atoms with Crippen LogP contribution in [-0.4, -0.2) is 26.8 Å². The molecule has 1 aliphatic rings. The van der Waals surface area contributed by atoms with Crippen LogP contribution < -0.4 is 0 Å². The Morgan fingerprint density at radius 1 is 1.13 bits per heavy atom. The van der Waals surface area contributed by atoms with Crippen LogP contribution in [0.4, 0.5) is 4.39 Å². The van der Waals surface area contributed by atoms with Crippen molar-refractivity contribution in [2.45, 2.75) is 26.3 Å². The molecule has 31 heavy (non-hydrogen) atoms. The van der Waals surface area contributed by atoms with Gasteiger partial charge in [0.1, 0.15) is 5.82 Å². The summed E-state index contributed by atoms with van der Waals surface area (Å²) in [5.41, 5.74) is 6.91. The number of aliphatic imine (C=N–C) groups is 1. The van der Waals surface area contributed by atoms with Crippen LogP contribution >= 0.6 is 0 Å². The van der Waals surface area contributed by atoms with E-state index in [9.17, 15) is 14.3 Å². The quantitative estimate of drug-likeness (QED) is 0.474. The van der Waals surface area contributed by atoms with E-state index >= 15 is 0 Å². The number of hydrogen-bond donors (Lipinski definition) is 1. The van der Waals surface area contributed by atoms with E-state index in [2.05, 4.69) is 40.5 Å². The first kappa shape index (κ1) is 19.2. The predicted molar refractivity (Wildman–Crippen MR) is 119 cm³/mol. The van der Waals surface area contributed by atoms with Crippen molar-refractivity contribution >= 4 is 23.1 Å². The maximum atomic E-state index is 13.6. The number of aromatic carboxylic acids is 1. The highest BCUT2D eigenvalue weighted by Gasteiger charge is 2.24. The summed E-state index contributed by atoms with van der Waals surface area (Å²) in [7, 11) is 0. The number of fused-ring (bicyclic) bond motifs is 2. The van der Waals surface area contributed by atoms with Crippen LogP contribution in [0, 0.1) is 5.82 Å². The first-order valence-electron chi connectivity index (χ1n) is 10.1. The van der Waals surface area contributed by atoms with Gasteiger partial charge in [0, 0.05) is 34.7 Å². The van der Waals surface area contributed by atoms with Crippen molar-refractivity contribution in [1.82, 2.24) is 9.55 Å². The van der Waals surface area contributed by atoms with E-state index in [1.54, 1.807) is 24.3 Å². The smallest absolute Gasteiger partial charge is 0.337 e. The van der Waals surface area contributed by atoms with Gasteiger partial charge in [0.2, 0.25) is 0 Å². The lowest BCUT2D eigenvalue weighted by Gasteiger charge is -2.15. The van der Waals surface area contributed by atoms with Crippen LogP contribution in [0.2, 0.25) is 0 Å². The van der Waals surface area contributed by atoms with Gasteiger partial charge in [0.25, 0.3) is 0 Å². The van der Waals surface area contributed by atoms with Gasteiger partial charge in [0.15, 0.2) is 0 Å². The van der Waals surface area contributed by atoms with Crippen LogP contribution in [0.1, 0.15) is 46.9 Å². The van der Waals surface area contributed by atoms with Crippen molar-refractivity contribution < 1.29 is 14.3 Å². The van der Waals surface area contributed by atoms with Crippen LogP contribution in [0.25, 0.3) is 27.8 Å². The second-order valence-electron chi connectivity index (χ2n) is 8.00. The number of carboxylic acid groups (broad SMARTS) is 1. The predicted octanol–water partition coefficient (Wildman–Crippen LogP) is 5.59. The van der Waals surface area contributed by atoms with E-state index in [4.69, 9.17) is 0 Å². The molecule has 5 rings (SSSR count). The molecule has 3 heterocycles. The fraction of sp³-hybridized carbons (Fsp3) is 0.160. The Hall–Kier alpha value is -3.80. The monoisotopic (exact) mass is 413 g/mol. The summed E-state index contributed by atoms with van der Waals surface area (Å²) >= 11 is 0. The van der Waals surface area contributed by atoms with E-state index in [-0.39, 0.29) is 17.3 Å². The molecule has 0 spiro atoms. The number of carboxylic acids is 1. The summed E-state index contributed by atoms with van der Waals surface area (Å²) in [4.78, 5) is 20.2. The molecule has 2 aromatic heterocycles. The minimum absolute atomic E-state index is 0.136. The molecular weight excluding hydrogens is 393 g/mol. The van der Waals surface area contributed by atoms with E-state index in [0.717, 1.165) is 39.0 Å². The van der Waals surface area contributed by atoms with Crippen molar-refractivity contribution in [2.75, 3.05) is 0 Å². The van der Waals surface area contributed by atoms with Crippen molar-refractivity contribution in [3.8, 4) is 16.9 Å². The van der Waals surface area contributed by atoms with Gasteiger partial charge in [0.05, 0.1) is 23.3 Å². The third-order valence-corrected chi connectivity index (χ3v) is 5.66. The Bertz CT molecular complexity index is 1350. The molecule has 0 radical (unpaired) electrons. The molecule has 154 valence electrons. The highest BCUT2D eigenvalue weighted by molar-refractivity contribution is 6.03. The van der Waals surface area contributed by atoms with Gasteiger partial charge in [-0.05, 0) is 65.6 Å². The summed E-state index contributed by atoms with van der Waals surface area (Å²) in [6, 6.07) is 14.0. The van der Waals surface area contributed by atoms with Crippen molar-refractivity contribution in [1.29, 1.82) is 0 Å². The number of hydrogen-bond acceptors (Lipinski definition) is 3. The molecule has 0 saturated heterocycles. The Labute approximate surface area is 178 Å². The number of halogens is 1. The summed E-state index contributed by atoms with van der Waals surface area (Å²) < 4.78 is 15.8. The number of aromatic nitrogens is 2. The maximum Gasteiger partial charge on any atom is 0.337 e. The minimum Gasteiger partial charge on any atom is -0.478 e. The molecule has 1 aliphatic heterocycles. The molecule has 0 atom stereocenters. The topological polar surface area (TPSA) is 67.5 Å². The average Bonchev–Trinajstić information content (AvgIpc) is 3.34. The lowest BCUT2D eigenvalue weighted by molar-refractivity contribution is 0.0696. The maximum absolute atomic E-state index is 13.6. The normalized spacial score (nSPS) is 12.6. The van der Waals surface area contributed by atoms with Crippen molar-refractivity contribution in [3.63, 3.8) is 0 Å². The Kier molecular flexibility index (Phi) is 4.43. The minimum atomic E-state index is -1.01. The Morgan fingerprint density at radius 2 is 1.90 bits per heavy atom. The molecule has 0 saturated carbocycles. The Morgan fingerprint density at radius 3 is 2.55 bits per heavy atom. The zero-order valence-electron chi connectivity index (χ0n) is 17.1. The zero-order valence-corrected chi connectivity index (χ0v) is 17.1. The molecule has 1 N–H and O–H groups in total. The largest absolute Gasteiger partial charge is 0.478 e. The second-order valence-corrected chi connectivity index (χ2v) is 8.00. The van der Waals surface area contributed by atoms with Gasteiger partial charge >= 0.3 is 5.97 Å². The van der Waals surface area contributed by atoms with Gasteiger partial charge in [-0.1, -0.05) is 13.8 Å². The molecule has 2 aromatic carbocycles. The zero-order chi connectivity index (χ0) is 21.7. The standard InChI is InChI=1S/C25H20FN3O2/c1-14(2)24-23(21-8-3-15(13-28-21)25(30)31)20-9-16-11-27-12-17(16)10-22(20)29(24)19-6-4-18(26)5-7-19/h3-10,12-14H,11H2,1-2H3,(H,30,31). The fourth-order valence-electron chi connectivity index (χ4n) is 4.27. The fourth-order valence-corrected chi connectivity index (χ4v) is 4.27. The lowest BCUT2D eigenvalue weighted by atomic mass is 9.98. The van der Waals surface area contributed by atoms with E-state index in [0.29, 0.717) is 12.2 Å². The van der Waals surface area contributed by atoms with Crippen molar-refractivity contribution in [3.05, 3.63) is 82.9 Å².